The summed E-state index contributed by atoms with van der Waals surface area (Å²) >= 11 is 4.94. The first-order valence-electron chi connectivity index (χ1n) is 2.84. The Morgan fingerprint density at radius 1 is 1.64 bits per heavy atom. The van der Waals surface area contributed by atoms with E-state index in [1.807, 2.05) is 0 Å². The van der Waals surface area contributed by atoms with E-state index in [4.69, 9.17) is 11.6 Å². The van der Waals surface area contributed by atoms with E-state index in [2.05, 4.69) is 14.7 Å². The maximum atomic E-state index is 10.2. The SMILES string of the molecule is Cc1cncc(OC(=O)Cl)n1. The van der Waals surface area contributed by atoms with Crippen molar-refractivity contribution < 1.29 is 9.53 Å². The second kappa shape index (κ2) is 3.30. The van der Waals surface area contributed by atoms with Crippen LogP contribution in [-0.2, 0) is 0 Å². The maximum Gasteiger partial charge on any atom is 0.410 e. The van der Waals surface area contributed by atoms with E-state index in [9.17, 15) is 4.79 Å². The lowest BCUT2D eigenvalue weighted by atomic mass is 10.5. The van der Waals surface area contributed by atoms with Crippen LogP contribution in [0.15, 0.2) is 12.4 Å². The zero-order valence-electron chi connectivity index (χ0n) is 5.74. The van der Waals surface area contributed by atoms with Crippen molar-refractivity contribution in [2.45, 2.75) is 6.92 Å². The summed E-state index contributed by atoms with van der Waals surface area (Å²) in [5.41, 5.74) is -0.245. The van der Waals surface area contributed by atoms with Crippen LogP contribution in [0.25, 0.3) is 0 Å². The number of halogens is 1. The molecule has 11 heavy (non-hydrogen) atoms. The molecule has 0 bridgehead atoms. The number of aromatic nitrogens is 2. The Bertz CT molecular complexity index is 277. The van der Waals surface area contributed by atoms with Gasteiger partial charge >= 0.3 is 5.43 Å². The highest BCUT2D eigenvalue weighted by Crippen LogP contribution is 2.05. The Labute approximate surface area is 68.2 Å². The van der Waals surface area contributed by atoms with Gasteiger partial charge in [-0.15, -0.1) is 0 Å². The molecule has 0 radical (unpaired) electrons. The first-order valence-corrected chi connectivity index (χ1v) is 3.22. The van der Waals surface area contributed by atoms with Crippen LogP contribution in [0.4, 0.5) is 4.79 Å². The normalized spacial score (nSPS) is 9.27. The third-order valence-electron chi connectivity index (χ3n) is 0.918. The fourth-order valence-corrected chi connectivity index (χ4v) is 0.651. The molecule has 0 saturated heterocycles. The van der Waals surface area contributed by atoms with Gasteiger partial charge in [0.05, 0.1) is 11.9 Å². The molecule has 1 heterocycles. The van der Waals surface area contributed by atoms with E-state index in [0.717, 1.165) is 0 Å². The lowest BCUT2D eigenvalue weighted by molar-refractivity contribution is 0.223. The smallest absolute Gasteiger partial charge is 0.394 e. The van der Waals surface area contributed by atoms with Crippen molar-refractivity contribution in [2.24, 2.45) is 0 Å². The van der Waals surface area contributed by atoms with Crippen molar-refractivity contribution >= 4 is 17.0 Å². The van der Waals surface area contributed by atoms with E-state index >= 15 is 0 Å². The van der Waals surface area contributed by atoms with Gasteiger partial charge < -0.3 is 4.74 Å². The minimum Gasteiger partial charge on any atom is -0.394 e. The van der Waals surface area contributed by atoms with Crippen LogP contribution in [-0.4, -0.2) is 15.4 Å². The van der Waals surface area contributed by atoms with Crippen LogP contribution in [0.1, 0.15) is 5.69 Å². The molecule has 0 aliphatic carbocycles. The molecular weight excluding hydrogens is 168 g/mol. The zero-order chi connectivity index (χ0) is 8.27. The largest absolute Gasteiger partial charge is 0.410 e. The molecule has 0 aliphatic heterocycles. The number of rotatable bonds is 1. The fraction of sp³-hybridized carbons (Fsp3) is 0.167. The van der Waals surface area contributed by atoms with Gasteiger partial charge in [-0.1, -0.05) is 0 Å². The minimum atomic E-state index is -0.912. The van der Waals surface area contributed by atoms with Gasteiger partial charge in [-0.2, -0.15) is 0 Å². The average Bonchev–Trinajstić information content (AvgIpc) is 1.85. The van der Waals surface area contributed by atoms with Gasteiger partial charge in [0.2, 0.25) is 5.88 Å². The molecule has 4 nitrogen and oxygen atoms in total. The molecular formula is C6H5ClN2O2. The number of hydrogen-bond donors (Lipinski definition) is 0. The van der Waals surface area contributed by atoms with Gasteiger partial charge in [-0.25, -0.2) is 9.78 Å². The van der Waals surface area contributed by atoms with Crippen LogP contribution in [0.5, 0.6) is 5.88 Å². The third-order valence-corrected chi connectivity index (χ3v) is 0.995. The van der Waals surface area contributed by atoms with Crippen molar-refractivity contribution in [3.63, 3.8) is 0 Å². The fourth-order valence-electron chi connectivity index (χ4n) is 0.572. The van der Waals surface area contributed by atoms with E-state index in [1.54, 1.807) is 13.1 Å². The quantitative estimate of drug-likeness (QED) is 0.603. The first kappa shape index (κ1) is 7.94. The molecule has 0 N–H and O–H groups in total. The van der Waals surface area contributed by atoms with Gasteiger partial charge in [-0.05, 0) is 6.92 Å². The molecule has 58 valence electrons. The summed E-state index contributed by atoms with van der Waals surface area (Å²) in [5.74, 6) is 0.116. The highest BCUT2D eigenvalue weighted by molar-refractivity contribution is 6.61. The number of carbonyl (C=O) groups is 1. The summed E-state index contributed by atoms with van der Waals surface area (Å²) < 4.78 is 4.45. The first-order chi connectivity index (χ1) is 5.18. The van der Waals surface area contributed by atoms with Crippen LogP contribution >= 0.6 is 11.6 Å². The standard InChI is InChI=1S/C6H5ClN2O2/c1-4-2-8-3-5(9-4)11-6(7)10/h2-3H,1H3. The van der Waals surface area contributed by atoms with Gasteiger partial charge in [0.1, 0.15) is 0 Å². The van der Waals surface area contributed by atoms with Crippen molar-refractivity contribution in [2.75, 3.05) is 0 Å². The van der Waals surface area contributed by atoms with Crippen molar-refractivity contribution in [3.05, 3.63) is 18.1 Å². The Balaban J connectivity index is 2.79. The van der Waals surface area contributed by atoms with E-state index in [1.165, 1.54) is 6.20 Å². The summed E-state index contributed by atoms with van der Waals surface area (Å²) in [6, 6.07) is 0. The molecule has 0 aromatic carbocycles. The van der Waals surface area contributed by atoms with Gasteiger partial charge in [0, 0.05) is 17.8 Å². The lowest BCUT2D eigenvalue weighted by Gasteiger charge is -1.96. The zero-order valence-corrected chi connectivity index (χ0v) is 6.50. The lowest BCUT2D eigenvalue weighted by Crippen LogP contribution is -1.99. The second-order valence-electron chi connectivity index (χ2n) is 1.84. The van der Waals surface area contributed by atoms with Gasteiger partial charge in [0.15, 0.2) is 0 Å². The third kappa shape index (κ3) is 2.51. The van der Waals surface area contributed by atoms with Gasteiger partial charge in [-0.3, -0.25) is 4.98 Å². The summed E-state index contributed by atoms with van der Waals surface area (Å²) in [6.45, 7) is 1.73. The number of aryl methyl sites for hydroxylation is 1. The summed E-state index contributed by atoms with van der Waals surface area (Å²) in [6.07, 6.45) is 2.86. The Hall–Kier alpha value is -1.16. The highest BCUT2D eigenvalue weighted by atomic mass is 35.5. The molecule has 0 aliphatic rings. The van der Waals surface area contributed by atoms with Crippen molar-refractivity contribution in [1.82, 2.24) is 9.97 Å². The second-order valence-corrected chi connectivity index (χ2v) is 2.15. The summed E-state index contributed by atoms with van der Waals surface area (Å²) in [7, 11) is 0. The van der Waals surface area contributed by atoms with E-state index in [0.29, 0.717) is 5.69 Å². The number of carbonyl (C=O) groups excluding carboxylic acids is 1. The molecule has 1 aromatic rings. The van der Waals surface area contributed by atoms with Crippen LogP contribution in [0, 0.1) is 6.92 Å². The number of nitrogens with zero attached hydrogens (tertiary/aromatic N) is 2. The monoisotopic (exact) mass is 172 g/mol. The number of hydrogen-bond acceptors (Lipinski definition) is 4. The predicted octanol–water partition coefficient (Wildman–Crippen LogP) is 1.52. The molecule has 1 aromatic heterocycles. The molecule has 0 spiro atoms. The average molecular weight is 173 g/mol. The molecule has 5 heteroatoms. The predicted molar refractivity (Wildman–Crippen MR) is 38.6 cm³/mol. The van der Waals surface area contributed by atoms with E-state index in [-0.39, 0.29) is 5.88 Å². The Kier molecular flexibility index (Phi) is 2.38. The van der Waals surface area contributed by atoms with Crippen LogP contribution < -0.4 is 4.74 Å². The number of ether oxygens (including phenoxy) is 1. The Morgan fingerprint density at radius 3 is 2.91 bits per heavy atom. The topological polar surface area (TPSA) is 52.1 Å². The molecule has 0 unspecified atom stereocenters. The van der Waals surface area contributed by atoms with Crippen LogP contribution in [0.2, 0.25) is 0 Å². The highest BCUT2D eigenvalue weighted by Gasteiger charge is 2.00. The molecule has 0 saturated carbocycles. The minimum absolute atomic E-state index is 0.116. The van der Waals surface area contributed by atoms with Crippen molar-refractivity contribution in [3.8, 4) is 5.88 Å². The van der Waals surface area contributed by atoms with Gasteiger partial charge in [0.25, 0.3) is 0 Å². The van der Waals surface area contributed by atoms with E-state index < -0.39 is 5.43 Å². The van der Waals surface area contributed by atoms with Crippen molar-refractivity contribution in [1.29, 1.82) is 0 Å². The summed E-state index contributed by atoms with van der Waals surface area (Å²) in [4.78, 5) is 17.8. The molecule has 0 amide bonds. The summed E-state index contributed by atoms with van der Waals surface area (Å²) in [5, 5.41) is 0. The molecule has 0 atom stereocenters. The van der Waals surface area contributed by atoms with Crippen LogP contribution in [0.3, 0.4) is 0 Å². The maximum absolute atomic E-state index is 10.2. The molecule has 1 rings (SSSR count). The Morgan fingerprint density at radius 2 is 2.36 bits per heavy atom. The molecule has 0 fully saturated rings.